The van der Waals surface area contributed by atoms with E-state index in [1.54, 1.807) is 12.2 Å². The molecular weight excluding hydrogens is 264 g/mol. The molecule has 4 heteroatoms. The van der Waals surface area contributed by atoms with Crippen molar-refractivity contribution in [3.63, 3.8) is 0 Å². The number of hydrogen-bond donors (Lipinski definition) is 0. The van der Waals surface area contributed by atoms with Crippen molar-refractivity contribution in [2.45, 2.75) is 70.9 Å². The smallest absolute Gasteiger partial charge is 0.211 e. The van der Waals surface area contributed by atoms with Crippen LogP contribution in [-0.4, -0.2) is 17.8 Å². The molecule has 2 saturated carbocycles. The first-order valence-electron chi connectivity index (χ1n) is 8.30. The van der Waals surface area contributed by atoms with Crippen molar-refractivity contribution in [2.24, 2.45) is 33.7 Å². The summed E-state index contributed by atoms with van der Waals surface area (Å²) in [4.78, 5) is 30.4. The van der Waals surface area contributed by atoms with Crippen LogP contribution in [0.25, 0.3) is 0 Å². The Balaban J connectivity index is 2.36. The summed E-state index contributed by atoms with van der Waals surface area (Å²) in [6, 6.07) is 0. The molecule has 2 rings (SSSR count). The lowest BCUT2D eigenvalue weighted by Crippen LogP contribution is -2.45. The molecule has 4 atom stereocenters. The predicted molar refractivity (Wildman–Crippen MR) is 81.2 cm³/mol. The quantitative estimate of drug-likeness (QED) is 0.580. The average Bonchev–Trinajstić information content (AvgIpc) is 2.47. The van der Waals surface area contributed by atoms with Crippen LogP contribution < -0.4 is 0 Å². The lowest BCUT2D eigenvalue weighted by molar-refractivity contribution is 0.0852. The minimum atomic E-state index is -0.896. The number of nitrogens with zero attached hydrogens (tertiary/aromatic N) is 2. The molecule has 4 unspecified atom stereocenters. The molecule has 21 heavy (non-hydrogen) atoms. The zero-order valence-corrected chi connectivity index (χ0v) is 13.2. The van der Waals surface area contributed by atoms with E-state index in [1.165, 1.54) is 12.8 Å². The van der Waals surface area contributed by atoms with Crippen LogP contribution in [-0.2, 0) is 9.59 Å². The Bertz CT molecular complexity index is 408. The first-order chi connectivity index (χ1) is 10.1. The fourth-order valence-corrected chi connectivity index (χ4v) is 4.51. The third kappa shape index (κ3) is 3.51. The van der Waals surface area contributed by atoms with Crippen molar-refractivity contribution in [3.05, 3.63) is 0 Å². The van der Waals surface area contributed by atoms with Gasteiger partial charge in [0.1, 0.15) is 0 Å². The average molecular weight is 290 g/mol. The third-order valence-electron chi connectivity index (χ3n) is 5.52. The van der Waals surface area contributed by atoms with E-state index < -0.39 is 5.66 Å². The Labute approximate surface area is 127 Å². The van der Waals surface area contributed by atoms with Gasteiger partial charge in [-0.05, 0) is 37.5 Å². The summed E-state index contributed by atoms with van der Waals surface area (Å²) in [6.45, 7) is 4.46. The molecule has 2 fully saturated rings. The van der Waals surface area contributed by atoms with Gasteiger partial charge in [-0.1, -0.05) is 39.5 Å². The predicted octanol–water partition coefficient (Wildman–Crippen LogP) is 4.01. The molecule has 0 aromatic heterocycles. The zero-order valence-electron chi connectivity index (χ0n) is 13.2. The molecule has 2 aliphatic carbocycles. The molecule has 0 aromatic carbocycles. The van der Waals surface area contributed by atoms with Crippen molar-refractivity contribution in [1.29, 1.82) is 0 Å². The monoisotopic (exact) mass is 290 g/mol. The van der Waals surface area contributed by atoms with Gasteiger partial charge in [0, 0.05) is 11.8 Å². The van der Waals surface area contributed by atoms with Crippen molar-refractivity contribution < 1.29 is 9.59 Å². The molecule has 0 heterocycles. The minimum absolute atomic E-state index is 0.180. The first kappa shape index (κ1) is 16.1. The van der Waals surface area contributed by atoms with Gasteiger partial charge < -0.3 is 0 Å². The second-order valence-corrected chi connectivity index (χ2v) is 7.13. The van der Waals surface area contributed by atoms with Gasteiger partial charge >= 0.3 is 0 Å². The first-order valence-corrected chi connectivity index (χ1v) is 8.30. The van der Waals surface area contributed by atoms with Crippen LogP contribution >= 0.6 is 0 Å². The summed E-state index contributed by atoms with van der Waals surface area (Å²) in [7, 11) is 0. The lowest BCUT2D eigenvalue weighted by atomic mass is 9.66. The molecule has 0 radical (unpaired) electrons. The highest BCUT2D eigenvalue weighted by atomic mass is 16.1. The van der Waals surface area contributed by atoms with Gasteiger partial charge in [0.2, 0.25) is 12.2 Å². The Hall–Kier alpha value is -1.24. The standard InChI is InChI=1S/C17H26N2O2/c1-13-5-3-7-15(9-13)17(18-11-20,19-12-21)16-8-4-6-14(2)10-16/h13-16H,3-10H2,1-2H3. The number of aliphatic imine (C=N–C) groups is 2. The third-order valence-corrected chi connectivity index (χ3v) is 5.52. The highest BCUT2D eigenvalue weighted by Gasteiger charge is 2.48. The fraction of sp³-hybridized carbons (Fsp3) is 0.882. The summed E-state index contributed by atoms with van der Waals surface area (Å²) < 4.78 is 0. The molecule has 0 aliphatic heterocycles. The molecule has 0 aromatic rings. The number of rotatable bonds is 4. The molecule has 0 spiro atoms. The van der Waals surface area contributed by atoms with E-state index in [0.29, 0.717) is 11.8 Å². The van der Waals surface area contributed by atoms with E-state index in [2.05, 4.69) is 23.8 Å². The van der Waals surface area contributed by atoms with Gasteiger partial charge in [0.05, 0.1) is 0 Å². The van der Waals surface area contributed by atoms with E-state index in [4.69, 9.17) is 0 Å². The van der Waals surface area contributed by atoms with Crippen LogP contribution in [0.1, 0.15) is 65.2 Å². The Kier molecular flexibility index (Phi) is 5.50. The SMILES string of the molecule is CC1CCCC(C(N=C=O)(N=C=O)C2CCCC(C)C2)C1. The van der Waals surface area contributed by atoms with Crippen molar-refractivity contribution in [2.75, 3.05) is 0 Å². The van der Waals surface area contributed by atoms with Crippen molar-refractivity contribution in [1.82, 2.24) is 0 Å². The van der Waals surface area contributed by atoms with Gasteiger partial charge in [0.25, 0.3) is 0 Å². The lowest BCUT2D eigenvalue weighted by Gasteiger charge is -2.43. The molecule has 2 aliphatic rings. The highest BCUT2D eigenvalue weighted by Crippen LogP contribution is 2.47. The van der Waals surface area contributed by atoms with Gasteiger partial charge in [-0.25, -0.2) is 9.59 Å². The van der Waals surface area contributed by atoms with E-state index in [0.717, 1.165) is 38.5 Å². The fourth-order valence-electron chi connectivity index (χ4n) is 4.51. The zero-order chi connectivity index (χ0) is 15.3. The Morgan fingerprint density at radius 3 is 1.57 bits per heavy atom. The van der Waals surface area contributed by atoms with E-state index >= 15 is 0 Å². The van der Waals surface area contributed by atoms with Crippen LogP contribution in [0.5, 0.6) is 0 Å². The van der Waals surface area contributed by atoms with Gasteiger partial charge in [0.15, 0.2) is 5.66 Å². The number of carbonyl (C=O) groups excluding carboxylic acids is 2. The summed E-state index contributed by atoms with van der Waals surface area (Å²) in [5.74, 6) is 1.57. The largest absolute Gasteiger partial charge is 0.237 e. The van der Waals surface area contributed by atoms with E-state index in [9.17, 15) is 9.59 Å². The summed E-state index contributed by atoms with van der Waals surface area (Å²) in [5.41, 5.74) is -0.896. The maximum atomic E-state index is 11.1. The van der Waals surface area contributed by atoms with E-state index in [1.807, 2.05) is 0 Å². The van der Waals surface area contributed by atoms with Gasteiger partial charge in [-0.15, -0.1) is 0 Å². The minimum Gasteiger partial charge on any atom is -0.211 e. The normalized spacial score (nSPS) is 35.9. The summed E-state index contributed by atoms with van der Waals surface area (Å²) >= 11 is 0. The van der Waals surface area contributed by atoms with Crippen molar-refractivity contribution >= 4 is 12.2 Å². The summed E-state index contributed by atoms with van der Waals surface area (Å²) in [5, 5.41) is 0. The molecule has 4 nitrogen and oxygen atoms in total. The van der Waals surface area contributed by atoms with Crippen LogP contribution in [0, 0.1) is 23.7 Å². The Morgan fingerprint density at radius 1 is 0.810 bits per heavy atom. The van der Waals surface area contributed by atoms with Crippen LogP contribution in [0.4, 0.5) is 0 Å². The van der Waals surface area contributed by atoms with Crippen LogP contribution in [0.15, 0.2) is 9.98 Å². The molecule has 0 amide bonds. The van der Waals surface area contributed by atoms with Crippen LogP contribution in [0.2, 0.25) is 0 Å². The maximum Gasteiger partial charge on any atom is 0.237 e. The Morgan fingerprint density at radius 2 is 1.24 bits per heavy atom. The van der Waals surface area contributed by atoms with Gasteiger partial charge in [-0.3, -0.25) is 0 Å². The number of hydrogen-bond acceptors (Lipinski definition) is 4. The van der Waals surface area contributed by atoms with Gasteiger partial charge in [-0.2, -0.15) is 9.98 Å². The molecule has 0 bridgehead atoms. The number of isocyanates is 2. The van der Waals surface area contributed by atoms with E-state index in [-0.39, 0.29) is 11.8 Å². The molecule has 0 saturated heterocycles. The highest BCUT2D eigenvalue weighted by molar-refractivity contribution is 5.40. The topological polar surface area (TPSA) is 58.9 Å². The second-order valence-electron chi connectivity index (χ2n) is 7.13. The molecular formula is C17H26N2O2. The molecule has 116 valence electrons. The summed E-state index contributed by atoms with van der Waals surface area (Å²) in [6.07, 6.45) is 12.1. The van der Waals surface area contributed by atoms with Crippen LogP contribution in [0.3, 0.4) is 0 Å². The molecule has 0 N–H and O–H groups in total. The second kappa shape index (κ2) is 7.15. The van der Waals surface area contributed by atoms with Crippen molar-refractivity contribution in [3.8, 4) is 0 Å². The maximum absolute atomic E-state index is 11.1.